The SMILES string of the molecule is COc1c(C(=O)Cl)ccc([N+](=O)[O-])c1OC. The van der Waals surface area contributed by atoms with Gasteiger partial charge in [0, 0.05) is 6.07 Å². The molecule has 86 valence electrons. The zero-order valence-corrected chi connectivity index (χ0v) is 9.28. The predicted octanol–water partition coefficient (Wildman–Crippen LogP) is 1.99. The molecule has 7 heteroatoms. The summed E-state index contributed by atoms with van der Waals surface area (Å²) in [5.74, 6) is -0.171. The van der Waals surface area contributed by atoms with Gasteiger partial charge in [0.05, 0.1) is 24.7 Å². The summed E-state index contributed by atoms with van der Waals surface area (Å²) in [6, 6.07) is 2.35. The van der Waals surface area contributed by atoms with Gasteiger partial charge in [0.2, 0.25) is 5.75 Å². The minimum atomic E-state index is -0.773. The molecule has 0 atom stereocenters. The van der Waals surface area contributed by atoms with Crippen LogP contribution in [0.15, 0.2) is 12.1 Å². The van der Waals surface area contributed by atoms with Crippen molar-refractivity contribution < 1.29 is 19.2 Å². The molecular formula is C9H8ClNO5. The van der Waals surface area contributed by atoms with E-state index in [1.54, 1.807) is 0 Å². The van der Waals surface area contributed by atoms with Gasteiger partial charge < -0.3 is 9.47 Å². The first-order valence-corrected chi connectivity index (χ1v) is 4.50. The van der Waals surface area contributed by atoms with Crippen molar-refractivity contribution in [1.29, 1.82) is 0 Å². The highest BCUT2D eigenvalue weighted by Gasteiger charge is 2.24. The average molecular weight is 246 g/mol. The van der Waals surface area contributed by atoms with Gasteiger partial charge in [-0.25, -0.2) is 0 Å². The van der Waals surface area contributed by atoms with Crippen molar-refractivity contribution in [1.82, 2.24) is 0 Å². The van der Waals surface area contributed by atoms with Crippen LogP contribution in [0.3, 0.4) is 0 Å². The molecule has 0 unspecified atom stereocenters. The van der Waals surface area contributed by atoms with E-state index in [1.165, 1.54) is 20.3 Å². The first-order chi connectivity index (χ1) is 7.52. The van der Waals surface area contributed by atoms with Gasteiger partial charge in [0.15, 0.2) is 5.75 Å². The summed E-state index contributed by atoms with van der Waals surface area (Å²) < 4.78 is 9.73. The number of nitrogens with zero attached hydrogens (tertiary/aromatic N) is 1. The lowest BCUT2D eigenvalue weighted by molar-refractivity contribution is -0.385. The largest absolute Gasteiger partial charge is 0.492 e. The Morgan fingerprint density at radius 1 is 1.31 bits per heavy atom. The van der Waals surface area contributed by atoms with E-state index in [0.717, 1.165) is 6.07 Å². The summed E-state index contributed by atoms with van der Waals surface area (Å²) in [7, 11) is 2.51. The summed E-state index contributed by atoms with van der Waals surface area (Å²) in [5.41, 5.74) is -0.271. The third-order valence-corrected chi connectivity index (χ3v) is 2.11. The van der Waals surface area contributed by atoms with Gasteiger partial charge in [-0.1, -0.05) is 0 Å². The van der Waals surface area contributed by atoms with E-state index < -0.39 is 10.2 Å². The molecule has 0 aliphatic rings. The smallest absolute Gasteiger partial charge is 0.314 e. The first kappa shape index (κ1) is 12.3. The number of carbonyl (C=O) groups is 1. The fourth-order valence-electron chi connectivity index (χ4n) is 1.25. The molecule has 0 amide bonds. The highest BCUT2D eigenvalue weighted by Crippen LogP contribution is 2.39. The van der Waals surface area contributed by atoms with E-state index in [-0.39, 0.29) is 22.7 Å². The standard InChI is InChI=1S/C9H8ClNO5/c1-15-7-5(9(10)12)3-4-6(11(13)14)8(7)16-2/h3-4H,1-2H3. The van der Waals surface area contributed by atoms with Gasteiger partial charge >= 0.3 is 5.69 Å². The molecule has 1 aromatic rings. The van der Waals surface area contributed by atoms with Gasteiger partial charge in [-0.3, -0.25) is 14.9 Å². The average Bonchev–Trinajstić information content (AvgIpc) is 2.26. The molecule has 0 N–H and O–H groups in total. The molecule has 1 rings (SSSR count). The second-order valence-corrected chi connectivity index (χ2v) is 3.07. The maximum absolute atomic E-state index is 11.0. The zero-order valence-electron chi connectivity index (χ0n) is 8.52. The number of nitro benzene ring substituents is 1. The summed E-state index contributed by atoms with van der Waals surface area (Å²) in [4.78, 5) is 21.1. The molecule has 0 saturated heterocycles. The van der Waals surface area contributed by atoms with Crippen LogP contribution >= 0.6 is 11.6 Å². The van der Waals surface area contributed by atoms with Gasteiger partial charge in [-0.15, -0.1) is 0 Å². The molecule has 6 nitrogen and oxygen atoms in total. The highest BCUT2D eigenvalue weighted by molar-refractivity contribution is 6.68. The van der Waals surface area contributed by atoms with Crippen LogP contribution in [0.5, 0.6) is 11.5 Å². The molecule has 0 bridgehead atoms. The number of hydrogen-bond acceptors (Lipinski definition) is 5. The van der Waals surface area contributed by atoms with Crippen molar-refractivity contribution in [2.45, 2.75) is 0 Å². The van der Waals surface area contributed by atoms with Crippen LogP contribution in [0.4, 0.5) is 5.69 Å². The molecule has 0 radical (unpaired) electrons. The Bertz CT molecular complexity index is 405. The van der Waals surface area contributed by atoms with Crippen LogP contribution in [0.25, 0.3) is 0 Å². The second-order valence-electron chi connectivity index (χ2n) is 2.73. The maximum Gasteiger partial charge on any atom is 0.314 e. The number of nitro groups is 1. The maximum atomic E-state index is 11.0. The van der Waals surface area contributed by atoms with Crippen LogP contribution < -0.4 is 9.47 Å². The van der Waals surface area contributed by atoms with E-state index in [0.29, 0.717) is 0 Å². The van der Waals surface area contributed by atoms with Gasteiger partial charge in [0.1, 0.15) is 0 Å². The van der Waals surface area contributed by atoms with Crippen molar-refractivity contribution >= 4 is 22.5 Å². The lowest BCUT2D eigenvalue weighted by Gasteiger charge is -2.10. The molecule has 0 heterocycles. The van der Waals surface area contributed by atoms with E-state index in [2.05, 4.69) is 0 Å². The van der Waals surface area contributed by atoms with Crippen molar-refractivity contribution in [3.63, 3.8) is 0 Å². The van der Waals surface area contributed by atoms with Crippen molar-refractivity contribution in [3.8, 4) is 11.5 Å². The van der Waals surface area contributed by atoms with Crippen molar-refractivity contribution in [3.05, 3.63) is 27.8 Å². The Balaban J connectivity index is 3.52. The lowest BCUT2D eigenvalue weighted by Crippen LogP contribution is -2.02. The summed E-state index contributed by atoms with van der Waals surface area (Å²) >= 11 is 5.30. The monoisotopic (exact) mass is 245 g/mol. The molecule has 0 saturated carbocycles. The number of methoxy groups -OCH3 is 2. The van der Waals surface area contributed by atoms with E-state index in [4.69, 9.17) is 21.1 Å². The normalized spacial score (nSPS) is 9.69. The van der Waals surface area contributed by atoms with Gasteiger partial charge in [-0.05, 0) is 17.7 Å². The number of carbonyl (C=O) groups excluding carboxylic acids is 1. The fourth-order valence-corrected chi connectivity index (χ4v) is 1.40. The molecule has 0 aromatic heterocycles. The molecule has 0 aliphatic carbocycles. The summed E-state index contributed by atoms with van der Waals surface area (Å²) in [6.45, 7) is 0. The van der Waals surface area contributed by atoms with Gasteiger partial charge in [-0.2, -0.15) is 0 Å². The van der Waals surface area contributed by atoms with E-state index in [9.17, 15) is 14.9 Å². The molecule has 0 aliphatic heterocycles. The highest BCUT2D eigenvalue weighted by atomic mass is 35.5. The predicted molar refractivity (Wildman–Crippen MR) is 56.4 cm³/mol. The fraction of sp³-hybridized carbons (Fsp3) is 0.222. The van der Waals surface area contributed by atoms with Crippen LogP contribution in [-0.4, -0.2) is 24.4 Å². The minimum Gasteiger partial charge on any atom is -0.492 e. The topological polar surface area (TPSA) is 78.7 Å². The second kappa shape index (κ2) is 4.80. The van der Waals surface area contributed by atoms with Crippen LogP contribution in [0.1, 0.15) is 10.4 Å². The Kier molecular flexibility index (Phi) is 3.68. The molecular weight excluding hydrogens is 238 g/mol. The number of ether oxygens (including phenoxy) is 2. The van der Waals surface area contributed by atoms with Gasteiger partial charge in [0.25, 0.3) is 5.24 Å². The Hall–Kier alpha value is -1.82. The zero-order chi connectivity index (χ0) is 12.3. The van der Waals surface area contributed by atoms with E-state index in [1.807, 2.05) is 0 Å². The lowest BCUT2D eigenvalue weighted by atomic mass is 10.1. The quantitative estimate of drug-likeness (QED) is 0.460. The summed E-state index contributed by atoms with van der Waals surface area (Å²) in [5, 5.41) is 9.91. The minimum absolute atomic E-state index is 0.0200. The number of halogens is 1. The third kappa shape index (κ3) is 2.06. The molecule has 16 heavy (non-hydrogen) atoms. The van der Waals surface area contributed by atoms with Crippen LogP contribution in [0.2, 0.25) is 0 Å². The van der Waals surface area contributed by atoms with Crippen molar-refractivity contribution in [2.24, 2.45) is 0 Å². The Labute approximate surface area is 95.9 Å². The molecule has 1 aromatic carbocycles. The molecule has 0 spiro atoms. The number of rotatable bonds is 4. The number of hydrogen-bond donors (Lipinski definition) is 0. The Morgan fingerprint density at radius 2 is 1.88 bits per heavy atom. The Morgan fingerprint density at radius 3 is 2.25 bits per heavy atom. The summed E-state index contributed by atoms with van der Waals surface area (Å²) in [6.07, 6.45) is 0. The van der Waals surface area contributed by atoms with Crippen LogP contribution in [-0.2, 0) is 0 Å². The third-order valence-electron chi connectivity index (χ3n) is 1.91. The first-order valence-electron chi connectivity index (χ1n) is 4.12. The number of benzene rings is 1. The van der Waals surface area contributed by atoms with Crippen LogP contribution in [0, 0.1) is 10.1 Å². The van der Waals surface area contributed by atoms with Crippen molar-refractivity contribution in [2.75, 3.05) is 14.2 Å². The molecule has 0 fully saturated rings. The van der Waals surface area contributed by atoms with E-state index >= 15 is 0 Å².